The highest BCUT2D eigenvalue weighted by atomic mass is 16.3. The van der Waals surface area contributed by atoms with Crippen LogP contribution in [0, 0.1) is 12.8 Å². The second-order valence-electron chi connectivity index (χ2n) is 9.05. The molecule has 2 fully saturated rings. The molecule has 6 nitrogen and oxygen atoms in total. The molecule has 2 aliphatic rings. The number of aromatic hydroxyl groups is 1. The molecule has 0 saturated carbocycles. The van der Waals surface area contributed by atoms with Crippen LogP contribution >= 0.6 is 0 Å². The minimum atomic E-state index is -0.381. The average molecular weight is 416 g/mol. The van der Waals surface area contributed by atoms with Crippen LogP contribution in [0.3, 0.4) is 0 Å². The first kappa shape index (κ1) is 22.6. The van der Waals surface area contributed by atoms with Crippen molar-refractivity contribution in [3.63, 3.8) is 0 Å². The zero-order chi connectivity index (χ0) is 22.1. The number of hydrogen-bond donors (Lipinski definition) is 1. The Bertz CT molecular complexity index is 796. The topological polar surface area (TPSA) is 64.1 Å². The molecule has 166 valence electrons. The van der Waals surface area contributed by atoms with Crippen LogP contribution < -0.4 is 0 Å². The maximum absolute atomic E-state index is 13.6. The van der Waals surface area contributed by atoms with E-state index in [0.717, 1.165) is 36.9 Å². The van der Waals surface area contributed by atoms with Crippen LogP contribution in [0.15, 0.2) is 18.2 Å². The lowest BCUT2D eigenvalue weighted by atomic mass is 9.59. The molecule has 0 bridgehead atoms. The van der Waals surface area contributed by atoms with Gasteiger partial charge >= 0.3 is 6.03 Å². The van der Waals surface area contributed by atoms with Crippen molar-refractivity contribution >= 4 is 11.9 Å². The van der Waals surface area contributed by atoms with Gasteiger partial charge in [-0.25, -0.2) is 4.79 Å². The number of fused-ring (bicyclic) bond motifs is 1. The molecule has 1 aromatic rings. The Balaban J connectivity index is 2.15. The Hall–Kier alpha value is -2.08. The zero-order valence-corrected chi connectivity index (χ0v) is 19.1. The van der Waals surface area contributed by atoms with Crippen LogP contribution in [0.2, 0.25) is 0 Å². The lowest BCUT2D eigenvalue weighted by Gasteiger charge is -2.53. The molecule has 0 unspecified atom stereocenters. The fraction of sp³-hybridized carbons (Fsp3) is 0.667. The van der Waals surface area contributed by atoms with Crippen LogP contribution in [0.4, 0.5) is 4.79 Å². The third-order valence-corrected chi connectivity index (χ3v) is 7.57. The van der Waals surface area contributed by atoms with Crippen molar-refractivity contribution < 1.29 is 14.7 Å². The zero-order valence-electron chi connectivity index (χ0n) is 19.1. The summed E-state index contributed by atoms with van der Waals surface area (Å²) in [7, 11) is 2.16. The van der Waals surface area contributed by atoms with E-state index < -0.39 is 0 Å². The van der Waals surface area contributed by atoms with Gasteiger partial charge in [0.05, 0.1) is 0 Å². The summed E-state index contributed by atoms with van der Waals surface area (Å²) in [4.78, 5) is 32.2. The highest BCUT2D eigenvalue weighted by Gasteiger charge is 2.50. The van der Waals surface area contributed by atoms with Gasteiger partial charge in [-0.1, -0.05) is 6.07 Å². The van der Waals surface area contributed by atoms with Crippen LogP contribution in [-0.2, 0) is 10.2 Å². The third kappa shape index (κ3) is 3.94. The predicted molar refractivity (Wildman–Crippen MR) is 119 cm³/mol. The van der Waals surface area contributed by atoms with Crippen LogP contribution in [0.5, 0.6) is 5.75 Å². The molecule has 3 atom stereocenters. The van der Waals surface area contributed by atoms with E-state index in [4.69, 9.17) is 0 Å². The first-order valence-electron chi connectivity index (χ1n) is 11.3. The smallest absolute Gasteiger partial charge is 0.326 e. The Labute approximate surface area is 180 Å². The number of piperidine rings is 1. The SMILES string of the molecule is CCN1CCC[C@H]2[C@@H](C)N(C)CC[C@]2(c2cc(O)ccc2C)CC(=O)N(CC)C1=O. The number of carbonyl (C=O) groups is 2. The van der Waals surface area contributed by atoms with E-state index in [1.165, 1.54) is 4.90 Å². The van der Waals surface area contributed by atoms with Crippen molar-refractivity contribution in [3.05, 3.63) is 29.3 Å². The summed E-state index contributed by atoms with van der Waals surface area (Å²) in [5.74, 6) is 0.402. The number of nitrogens with zero attached hydrogens (tertiary/aromatic N) is 3. The highest BCUT2D eigenvalue weighted by molar-refractivity contribution is 5.95. The number of phenolic OH excluding ortho intramolecular Hbond substituents is 1. The maximum atomic E-state index is 13.6. The molecule has 3 amide bonds. The van der Waals surface area contributed by atoms with Gasteiger partial charge in [0.2, 0.25) is 5.91 Å². The lowest BCUT2D eigenvalue weighted by Crippen LogP contribution is -2.57. The van der Waals surface area contributed by atoms with Crippen molar-refractivity contribution in [3.8, 4) is 5.75 Å². The van der Waals surface area contributed by atoms with Gasteiger partial charge in [0.25, 0.3) is 0 Å². The number of likely N-dealkylation sites (tertiary alicyclic amines) is 1. The number of aryl methyl sites for hydroxylation is 1. The second-order valence-corrected chi connectivity index (χ2v) is 9.05. The predicted octanol–water partition coefficient (Wildman–Crippen LogP) is 3.75. The first-order valence-corrected chi connectivity index (χ1v) is 11.3. The van der Waals surface area contributed by atoms with E-state index in [2.05, 4.69) is 25.8 Å². The molecule has 1 aromatic carbocycles. The molecular formula is C24H37N3O3. The molecule has 1 N–H and O–H groups in total. The van der Waals surface area contributed by atoms with Gasteiger partial charge < -0.3 is 14.9 Å². The molecule has 30 heavy (non-hydrogen) atoms. The van der Waals surface area contributed by atoms with Crippen molar-refractivity contribution in [1.29, 1.82) is 0 Å². The number of urea groups is 1. The summed E-state index contributed by atoms with van der Waals surface area (Å²) in [5.41, 5.74) is 1.79. The quantitative estimate of drug-likeness (QED) is 0.817. The van der Waals surface area contributed by atoms with Gasteiger partial charge in [0, 0.05) is 37.5 Å². The molecule has 0 aromatic heterocycles. The minimum Gasteiger partial charge on any atom is -0.508 e. The number of benzene rings is 1. The molecule has 2 heterocycles. The van der Waals surface area contributed by atoms with Crippen molar-refractivity contribution in [2.45, 2.75) is 64.8 Å². The Morgan fingerprint density at radius 1 is 1.17 bits per heavy atom. The molecule has 0 aliphatic carbocycles. The van der Waals surface area contributed by atoms with Crippen molar-refractivity contribution in [2.75, 3.05) is 33.2 Å². The monoisotopic (exact) mass is 415 g/mol. The van der Waals surface area contributed by atoms with E-state index in [1.54, 1.807) is 11.0 Å². The summed E-state index contributed by atoms with van der Waals surface area (Å²) in [6.07, 6.45) is 3.01. The number of carbonyl (C=O) groups excluding carboxylic acids is 2. The number of imide groups is 1. The number of rotatable bonds is 3. The standard InChI is InChI=1S/C24H37N3O3/c1-6-26-13-8-9-20-18(4)25(5)14-12-24(20,16-22(29)27(7-2)23(26)30)21-15-19(28)11-10-17(21)3/h10-11,15,18,20,28H,6-9,12-14,16H2,1-5H3/t18-,20+,24+/m1/s1. The van der Waals surface area contributed by atoms with Gasteiger partial charge in [0.1, 0.15) is 5.75 Å². The van der Waals surface area contributed by atoms with E-state index in [1.807, 2.05) is 26.0 Å². The van der Waals surface area contributed by atoms with Crippen LogP contribution in [-0.4, -0.2) is 71.0 Å². The summed E-state index contributed by atoms with van der Waals surface area (Å²) in [6, 6.07) is 5.66. The minimum absolute atomic E-state index is 0.104. The van der Waals surface area contributed by atoms with Crippen LogP contribution in [0.1, 0.15) is 57.6 Å². The van der Waals surface area contributed by atoms with Gasteiger partial charge in [-0.2, -0.15) is 0 Å². The molecule has 0 spiro atoms. The van der Waals surface area contributed by atoms with Gasteiger partial charge in [0.15, 0.2) is 0 Å². The first-order chi connectivity index (χ1) is 14.2. The van der Waals surface area contributed by atoms with Gasteiger partial charge in [-0.15, -0.1) is 0 Å². The van der Waals surface area contributed by atoms with Gasteiger partial charge in [-0.05, 0) is 89.7 Å². The molecule has 0 radical (unpaired) electrons. The molecule has 3 rings (SSSR count). The Morgan fingerprint density at radius 2 is 1.90 bits per heavy atom. The molecule has 2 aliphatic heterocycles. The summed E-state index contributed by atoms with van der Waals surface area (Å²) in [5, 5.41) is 10.3. The maximum Gasteiger partial charge on any atom is 0.326 e. The summed E-state index contributed by atoms with van der Waals surface area (Å²) >= 11 is 0. The summed E-state index contributed by atoms with van der Waals surface area (Å²) < 4.78 is 0. The molecular weight excluding hydrogens is 378 g/mol. The second kappa shape index (κ2) is 8.96. The highest BCUT2D eigenvalue weighted by Crippen LogP contribution is 2.49. The number of amides is 3. The average Bonchev–Trinajstić information content (AvgIpc) is 2.71. The lowest BCUT2D eigenvalue weighted by molar-refractivity contribution is -0.132. The summed E-state index contributed by atoms with van der Waals surface area (Å²) in [6.45, 7) is 10.7. The normalized spacial score (nSPS) is 29.1. The van der Waals surface area contributed by atoms with Crippen molar-refractivity contribution in [1.82, 2.24) is 14.7 Å². The van der Waals surface area contributed by atoms with Gasteiger partial charge in [-0.3, -0.25) is 9.69 Å². The largest absolute Gasteiger partial charge is 0.508 e. The van der Waals surface area contributed by atoms with Crippen LogP contribution in [0.25, 0.3) is 0 Å². The number of phenols is 1. The Kier molecular flexibility index (Phi) is 6.75. The fourth-order valence-corrected chi connectivity index (χ4v) is 5.69. The molecule has 6 heteroatoms. The van der Waals surface area contributed by atoms with E-state index >= 15 is 0 Å². The van der Waals surface area contributed by atoms with E-state index in [0.29, 0.717) is 32.1 Å². The molecule has 2 saturated heterocycles. The number of hydrogen-bond acceptors (Lipinski definition) is 4. The fourth-order valence-electron chi connectivity index (χ4n) is 5.69. The third-order valence-electron chi connectivity index (χ3n) is 7.57. The Morgan fingerprint density at radius 3 is 2.57 bits per heavy atom. The van der Waals surface area contributed by atoms with Crippen molar-refractivity contribution in [2.24, 2.45) is 5.92 Å². The van der Waals surface area contributed by atoms with E-state index in [-0.39, 0.29) is 29.0 Å². The van der Waals surface area contributed by atoms with E-state index in [9.17, 15) is 14.7 Å².